The number of likely N-dealkylation sites (tertiary alicyclic amines) is 1. The summed E-state index contributed by atoms with van der Waals surface area (Å²) < 4.78 is 94.1. The van der Waals surface area contributed by atoms with E-state index in [0.29, 0.717) is 38.2 Å². The molecule has 2 aromatic carbocycles. The lowest BCUT2D eigenvalue weighted by Gasteiger charge is -2.43. The van der Waals surface area contributed by atoms with Crippen LogP contribution in [0.3, 0.4) is 0 Å². The Balaban J connectivity index is 1.36. The molecule has 3 fully saturated rings. The minimum absolute atomic E-state index is 0.0358. The Morgan fingerprint density at radius 2 is 1.76 bits per heavy atom. The van der Waals surface area contributed by atoms with Crippen LogP contribution in [0.5, 0.6) is 0 Å². The van der Waals surface area contributed by atoms with E-state index in [2.05, 4.69) is 5.32 Å². The van der Waals surface area contributed by atoms with Crippen molar-refractivity contribution in [2.75, 3.05) is 19.3 Å². The average molecular weight is 614 g/mol. The van der Waals surface area contributed by atoms with Crippen LogP contribution < -0.4 is 5.32 Å². The SMILES string of the molecule is CC[C@@H]1CC[C@H](C(=O)NC(c2ccc(C(F)(F)F)cc2F)C2CC2)N1C(=O)c1cccc(C2(F)CN(S(C)(=O)=O)C2)c1. The first-order valence-electron chi connectivity index (χ1n) is 13.9. The summed E-state index contributed by atoms with van der Waals surface area (Å²) in [5.74, 6) is -2.22. The number of nitrogens with one attached hydrogen (secondary N) is 1. The Hall–Kier alpha value is -3.06. The molecule has 3 atom stereocenters. The van der Waals surface area contributed by atoms with E-state index < -0.39 is 57.1 Å². The van der Waals surface area contributed by atoms with Crippen LogP contribution >= 0.6 is 0 Å². The smallest absolute Gasteiger partial charge is 0.347 e. The molecule has 2 aliphatic heterocycles. The average Bonchev–Trinajstić information content (AvgIpc) is 3.66. The zero-order valence-corrected chi connectivity index (χ0v) is 23.9. The maximum atomic E-state index is 15.5. The summed E-state index contributed by atoms with van der Waals surface area (Å²) in [5.41, 5.74) is -2.80. The lowest BCUT2D eigenvalue weighted by atomic mass is 9.89. The van der Waals surface area contributed by atoms with E-state index in [1.165, 1.54) is 29.2 Å². The van der Waals surface area contributed by atoms with Gasteiger partial charge in [0.2, 0.25) is 15.9 Å². The molecule has 1 N–H and O–H groups in total. The van der Waals surface area contributed by atoms with E-state index in [1.54, 1.807) is 0 Å². The summed E-state index contributed by atoms with van der Waals surface area (Å²) in [6, 6.07) is 6.12. The van der Waals surface area contributed by atoms with E-state index >= 15 is 4.39 Å². The molecule has 1 aliphatic carbocycles. The van der Waals surface area contributed by atoms with E-state index in [9.17, 15) is 35.6 Å². The molecule has 0 spiro atoms. The second-order valence-electron chi connectivity index (χ2n) is 11.5. The summed E-state index contributed by atoms with van der Waals surface area (Å²) >= 11 is 0. The maximum Gasteiger partial charge on any atom is 0.416 e. The van der Waals surface area contributed by atoms with E-state index in [-0.39, 0.29) is 41.7 Å². The van der Waals surface area contributed by atoms with Gasteiger partial charge in [-0.15, -0.1) is 0 Å². The molecular formula is C29H32F5N3O4S. The van der Waals surface area contributed by atoms with Crippen molar-refractivity contribution in [1.82, 2.24) is 14.5 Å². The molecule has 1 saturated carbocycles. The third-order valence-electron chi connectivity index (χ3n) is 8.51. The molecular weight excluding hydrogens is 581 g/mol. The quantitative estimate of drug-likeness (QED) is 0.428. The summed E-state index contributed by atoms with van der Waals surface area (Å²) in [6.07, 6.45) is -0.961. The molecule has 2 aromatic rings. The van der Waals surface area contributed by atoms with Crippen LogP contribution in [0, 0.1) is 11.7 Å². The topological polar surface area (TPSA) is 86.8 Å². The number of amides is 2. The van der Waals surface area contributed by atoms with Crippen LogP contribution in [0.25, 0.3) is 0 Å². The minimum Gasteiger partial charge on any atom is -0.347 e. The molecule has 0 bridgehead atoms. The molecule has 13 heteroatoms. The van der Waals surface area contributed by atoms with Crippen molar-refractivity contribution >= 4 is 21.8 Å². The highest BCUT2D eigenvalue weighted by atomic mass is 32.2. The molecule has 3 aliphatic rings. The lowest BCUT2D eigenvalue weighted by Crippen LogP contribution is -2.58. The summed E-state index contributed by atoms with van der Waals surface area (Å²) in [7, 11) is -3.56. The normalized spacial score (nSPS) is 23.4. The van der Waals surface area contributed by atoms with Gasteiger partial charge in [0.05, 0.1) is 31.0 Å². The van der Waals surface area contributed by atoms with Crippen molar-refractivity contribution in [3.05, 3.63) is 70.5 Å². The fourth-order valence-electron chi connectivity index (χ4n) is 5.94. The molecule has 0 radical (unpaired) electrons. The van der Waals surface area contributed by atoms with Crippen LogP contribution in [0.1, 0.15) is 72.1 Å². The minimum atomic E-state index is -4.71. The van der Waals surface area contributed by atoms with Gasteiger partial charge >= 0.3 is 6.18 Å². The number of alkyl halides is 4. The summed E-state index contributed by atoms with van der Waals surface area (Å²) in [5, 5.41) is 2.81. The molecule has 2 amide bonds. The molecule has 1 unspecified atom stereocenters. The van der Waals surface area contributed by atoms with Gasteiger partial charge in [-0.25, -0.2) is 17.2 Å². The summed E-state index contributed by atoms with van der Waals surface area (Å²) in [6.45, 7) is 1.15. The number of rotatable bonds is 8. The van der Waals surface area contributed by atoms with Crippen molar-refractivity contribution in [3.8, 4) is 0 Å². The molecule has 42 heavy (non-hydrogen) atoms. The maximum absolute atomic E-state index is 15.5. The van der Waals surface area contributed by atoms with Crippen LogP contribution in [-0.2, 0) is 26.7 Å². The number of halogens is 5. The van der Waals surface area contributed by atoms with Crippen molar-refractivity contribution < 1.29 is 40.0 Å². The number of nitrogens with zero attached hydrogens (tertiary/aromatic N) is 2. The van der Waals surface area contributed by atoms with Gasteiger partial charge in [-0.1, -0.05) is 25.1 Å². The largest absolute Gasteiger partial charge is 0.416 e. The van der Waals surface area contributed by atoms with Crippen LogP contribution in [0.2, 0.25) is 0 Å². The summed E-state index contributed by atoms with van der Waals surface area (Å²) in [4.78, 5) is 28.8. The standard InChI is InChI=1S/C29H32F5N3O4S/c1-3-21-10-12-24(26(38)35-25(17-7-8-17)22-11-9-20(14-23(22)30)29(32,33)34)37(21)27(39)18-5-4-6-19(13-18)28(31)15-36(16-28)42(2,40)41/h4-6,9,11,13-14,17,21,24-25H,3,7-8,10,12,15-16H2,1-2H3,(H,35,38)/t21-,24-,25?/m1/s1. The zero-order chi connectivity index (χ0) is 30.6. The van der Waals surface area contributed by atoms with Gasteiger partial charge < -0.3 is 10.2 Å². The van der Waals surface area contributed by atoms with Gasteiger partial charge in [0.25, 0.3) is 5.91 Å². The highest BCUT2D eigenvalue weighted by Crippen LogP contribution is 2.43. The van der Waals surface area contributed by atoms with E-state index in [1.807, 2.05) is 6.92 Å². The number of carbonyl (C=O) groups is 2. The van der Waals surface area contributed by atoms with Crippen LogP contribution in [0.15, 0.2) is 42.5 Å². The number of hydrogen-bond donors (Lipinski definition) is 1. The predicted octanol–water partition coefficient (Wildman–Crippen LogP) is 4.94. The van der Waals surface area contributed by atoms with Crippen LogP contribution in [-0.4, -0.2) is 60.9 Å². The highest BCUT2D eigenvalue weighted by Gasteiger charge is 2.49. The number of benzene rings is 2. The van der Waals surface area contributed by atoms with Crippen molar-refractivity contribution in [2.24, 2.45) is 5.92 Å². The Morgan fingerprint density at radius 1 is 1.07 bits per heavy atom. The van der Waals surface area contributed by atoms with E-state index in [4.69, 9.17) is 0 Å². The van der Waals surface area contributed by atoms with Gasteiger partial charge in [-0.2, -0.15) is 17.5 Å². The third kappa shape index (κ3) is 5.90. The van der Waals surface area contributed by atoms with Crippen molar-refractivity contribution in [3.63, 3.8) is 0 Å². The second-order valence-corrected chi connectivity index (χ2v) is 13.5. The molecule has 2 heterocycles. The van der Waals surface area contributed by atoms with Crippen LogP contribution in [0.4, 0.5) is 22.0 Å². The Kier molecular flexibility index (Phi) is 7.88. The van der Waals surface area contributed by atoms with Gasteiger partial charge in [0, 0.05) is 17.2 Å². The van der Waals surface area contributed by atoms with E-state index in [0.717, 1.165) is 22.7 Å². The first-order chi connectivity index (χ1) is 19.6. The second kappa shape index (κ2) is 10.9. The fraction of sp³-hybridized carbons (Fsp3) is 0.517. The van der Waals surface area contributed by atoms with Gasteiger partial charge in [0.1, 0.15) is 11.9 Å². The van der Waals surface area contributed by atoms with Gasteiger partial charge in [0.15, 0.2) is 5.67 Å². The lowest BCUT2D eigenvalue weighted by molar-refractivity contribution is -0.137. The molecule has 5 rings (SSSR count). The monoisotopic (exact) mass is 613 g/mol. The number of carbonyl (C=O) groups excluding carboxylic acids is 2. The van der Waals surface area contributed by atoms with Crippen molar-refractivity contribution in [1.29, 1.82) is 0 Å². The Bertz CT molecular complexity index is 1490. The Labute approximate surface area is 241 Å². The fourth-order valence-corrected chi connectivity index (χ4v) is 6.82. The first-order valence-corrected chi connectivity index (χ1v) is 15.7. The molecule has 0 aromatic heterocycles. The first kappa shape index (κ1) is 30.4. The number of hydrogen-bond acceptors (Lipinski definition) is 4. The predicted molar refractivity (Wildman–Crippen MR) is 144 cm³/mol. The Morgan fingerprint density at radius 3 is 2.33 bits per heavy atom. The zero-order valence-electron chi connectivity index (χ0n) is 23.1. The molecule has 7 nitrogen and oxygen atoms in total. The highest BCUT2D eigenvalue weighted by molar-refractivity contribution is 7.88. The third-order valence-corrected chi connectivity index (χ3v) is 9.71. The molecule has 228 valence electrons. The van der Waals surface area contributed by atoms with Crippen molar-refractivity contribution in [2.45, 2.75) is 69.0 Å². The van der Waals surface area contributed by atoms with Gasteiger partial charge in [-0.05, 0) is 67.9 Å². The molecule has 2 saturated heterocycles. The van der Waals surface area contributed by atoms with Gasteiger partial charge in [-0.3, -0.25) is 9.59 Å². The number of sulfonamides is 1.